The van der Waals surface area contributed by atoms with Gasteiger partial charge in [-0.25, -0.2) is 0 Å². The summed E-state index contributed by atoms with van der Waals surface area (Å²) in [7, 11) is 1.25. The second kappa shape index (κ2) is 15.6. The van der Waals surface area contributed by atoms with E-state index in [1.165, 1.54) is 5.56 Å². The first-order valence-corrected chi connectivity index (χ1v) is 14.9. The minimum atomic E-state index is -0.513. The molecule has 0 amide bonds. The molecule has 0 bridgehead atoms. The standard InChI is InChI=1S/C25H36BClN4O3.C6H7N/c1-4-20(29-26(2)32)15-30-11-12-31(16-21(30)9-13-33-3)25-22-8-7-19(27)14-23(22)34-17-18-6-5-10-28-24(18)25;1-6-3-2-4-7-5-6/h5-8,10,14,20-21,25,29,32H,4,9,11-13,15-17H2,1-3H3;2-5H,1H3/t20?,21-,25?;/m0./s1. The van der Waals surface area contributed by atoms with E-state index in [2.05, 4.69) is 39.1 Å². The maximum absolute atomic E-state index is 9.85. The molecule has 2 aromatic heterocycles. The van der Waals surface area contributed by atoms with Crippen molar-refractivity contribution < 1.29 is 14.5 Å². The fraction of sp³-hybridized carbons (Fsp3) is 0.484. The fourth-order valence-corrected chi connectivity index (χ4v) is 5.80. The average Bonchev–Trinajstić information content (AvgIpc) is 3.13. The van der Waals surface area contributed by atoms with Gasteiger partial charge in [-0.05, 0) is 56.4 Å². The fourth-order valence-electron chi connectivity index (χ4n) is 5.64. The van der Waals surface area contributed by atoms with Gasteiger partial charge >= 0.3 is 7.05 Å². The highest BCUT2D eigenvalue weighted by Gasteiger charge is 2.36. The highest BCUT2D eigenvalue weighted by atomic mass is 35.5. The molecule has 1 aromatic carbocycles. The lowest BCUT2D eigenvalue weighted by Crippen LogP contribution is -2.58. The second-order valence-electron chi connectivity index (χ2n) is 10.8. The molecule has 2 N–H and O–H groups in total. The van der Waals surface area contributed by atoms with Gasteiger partial charge in [-0.15, -0.1) is 0 Å². The lowest BCUT2D eigenvalue weighted by Gasteiger charge is -2.45. The second-order valence-corrected chi connectivity index (χ2v) is 11.3. The van der Waals surface area contributed by atoms with Crippen molar-refractivity contribution in [1.29, 1.82) is 0 Å². The Hall–Kier alpha value is -2.53. The zero-order chi connectivity index (χ0) is 29.2. The molecule has 220 valence electrons. The summed E-state index contributed by atoms with van der Waals surface area (Å²) in [6.45, 7) is 10.8. The van der Waals surface area contributed by atoms with E-state index in [4.69, 9.17) is 26.1 Å². The van der Waals surface area contributed by atoms with Gasteiger partial charge in [-0.2, -0.15) is 0 Å². The van der Waals surface area contributed by atoms with Gasteiger partial charge in [0.25, 0.3) is 0 Å². The van der Waals surface area contributed by atoms with Crippen LogP contribution in [-0.4, -0.2) is 83.8 Å². The monoisotopic (exact) mass is 579 g/mol. The van der Waals surface area contributed by atoms with E-state index in [-0.39, 0.29) is 12.1 Å². The number of piperazine rings is 1. The molecule has 0 radical (unpaired) electrons. The van der Waals surface area contributed by atoms with Crippen molar-refractivity contribution in [3.63, 3.8) is 0 Å². The number of aromatic nitrogens is 2. The normalized spacial score (nSPS) is 19.6. The van der Waals surface area contributed by atoms with E-state index in [1.54, 1.807) is 20.1 Å². The Balaban J connectivity index is 0.000000483. The smallest absolute Gasteiger partial charge is 0.373 e. The summed E-state index contributed by atoms with van der Waals surface area (Å²) in [5.41, 5.74) is 4.50. The third-order valence-corrected chi connectivity index (χ3v) is 7.96. The molecule has 41 heavy (non-hydrogen) atoms. The molecule has 3 aromatic rings. The number of benzene rings is 1. The van der Waals surface area contributed by atoms with Crippen molar-refractivity contribution in [1.82, 2.24) is 25.0 Å². The maximum Gasteiger partial charge on any atom is 0.373 e. The van der Waals surface area contributed by atoms with E-state index in [9.17, 15) is 5.02 Å². The molecule has 2 unspecified atom stereocenters. The SMILES string of the molecule is CCC(CN1CCN(C2c3ccc(Cl)cc3OCc3cccnc32)C[C@@H]1CCOC)NB(C)O.Cc1cccnc1. The van der Waals surface area contributed by atoms with Crippen LogP contribution in [0.1, 0.15) is 48.2 Å². The number of pyridine rings is 2. The molecule has 8 nitrogen and oxygen atoms in total. The Morgan fingerprint density at radius 3 is 2.73 bits per heavy atom. The van der Waals surface area contributed by atoms with Crippen LogP contribution in [0.5, 0.6) is 5.75 Å². The molecular formula is C31H43BClN5O3. The number of aryl methyl sites for hydroxylation is 1. The molecule has 2 aliphatic rings. The molecular weight excluding hydrogens is 537 g/mol. The van der Waals surface area contributed by atoms with Crippen LogP contribution in [0.15, 0.2) is 61.1 Å². The van der Waals surface area contributed by atoms with Crippen molar-refractivity contribution in [2.24, 2.45) is 0 Å². The van der Waals surface area contributed by atoms with Crippen molar-refractivity contribution in [3.05, 3.63) is 88.5 Å². The summed E-state index contributed by atoms with van der Waals surface area (Å²) in [4.78, 5) is 13.8. The number of hydrogen-bond acceptors (Lipinski definition) is 8. The van der Waals surface area contributed by atoms with E-state index < -0.39 is 7.05 Å². The molecule has 5 rings (SSSR count). The van der Waals surface area contributed by atoms with Crippen molar-refractivity contribution in [3.8, 4) is 5.75 Å². The van der Waals surface area contributed by atoms with Crippen molar-refractivity contribution in [2.75, 3.05) is 39.9 Å². The number of nitrogens with one attached hydrogen (secondary N) is 1. The summed E-state index contributed by atoms with van der Waals surface area (Å²) in [5.74, 6) is 0.832. The highest BCUT2D eigenvalue weighted by Crippen LogP contribution is 2.40. The van der Waals surface area contributed by atoms with Crippen molar-refractivity contribution >= 4 is 18.7 Å². The first kappa shape index (κ1) is 31.4. The number of hydrogen-bond donors (Lipinski definition) is 2. The van der Waals surface area contributed by atoms with Gasteiger partial charge in [0.15, 0.2) is 0 Å². The Morgan fingerprint density at radius 2 is 2.05 bits per heavy atom. The number of methoxy groups -OCH3 is 1. The van der Waals surface area contributed by atoms with Gasteiger partial charge in [0, 0.05) is 86.7 Å². The predicted octanol–water partition coefficient (Wildman–Crippen LogP) is 4.61. The first-order chi connectivity index (χ1) is 19.9. The quantitative estimate of drug-likeness (QED) is 0.356. The summed E-state index contributed by atoms with van der Waals surface area (Å²) in [6.07, 6.45) is 7.39. The average molecular weight is 580 g/mol. The van der Waals surface area contributed by atoms with Crippen LogP contribution in [0.25, 0.3) is 0 Å². The minimum absolute atomic E-state index is 0.00993. The zero-order valence-electron chi connectivity index (χ0n) is 24.7. The summed E-state index contributed by atoms with van der Waals surface area (Å²) in [5, 5.41) is 13.8. The highest BCUT2D eigenvalue weighted by molar-refractivity contribution is 6.45. The van der Waals surface area contributed by atoms with Crippen LogP contribution < -0.4 is 9.96 Å². The van der Waals surface area contributed by atoms with Crippen LogP contribution in [0, 0.1) is 6.92 Å². The molecule has 0 saturated carbocycles. The minimum Gasteiger partial charge on any atom is -0.488 e. The van der Waals surface area contributed by atoms with Crippen molar-refractivity contribution in [2.45, 2.75) is 58.2 Å². The molecule has 1 saturated heterocycles. The van der Waals surface area contributed by atoms with Gasteiger partial charge in [0.1, 0.15) is 12.4 Å². The lowest BCUT2D eigenvalue weighted by molar-refractivity contribution is 0.0335. The van der Waals surface area contributed by atoms with Gasteiger partial charge in [0.05, 0.1) is 11.7 Å². The summed E-state index contributed by atoms with van der Waals surface area (Å²) >= 11 is 6.32. The first-order valence-electron chi connectivity index (χ1n) is 14.5. The third kappa shape index (κ3) is 8.74. The number of rotatable bonds is 9. The van der Waals surface area contributed by atoms with Gasteiger partial charge in [-0.1, -0.05) is 36.7 Å². The molecule has 3 atom stereocenters. The van der Waals surface area contributed by atoms with E-state index >= 15 is 0 Å². The van der Waals surface area contributed by atoms with Crippen LogP contribution in [0.4, 0.5) is 0 Å². The zero-order valence-corrected chi connectivity index (χ0v) is 25.4. The molecule has 0 aliphatic carbocycles. The Kier molecular flexibility index (Phi) is 12.0. The predicted molar refractivity (Wildman–Crippen MR) is 165 cm³/mol. The third-order valence-electron chi connectivity index (χ3n) is 7.73. The molecule has 0 spiro atoms. The molecule has 1 fully saturated rings. The number of ether oxygens (including phenoxy) is 2. The van der Waals surface area contributed by atoms with E-state index in [1.807, 2.05) is 49.6 Å². The number of nitrogens with zero attached hydrogens (tertiary/aromatic N) is 4. The topological polar surface area (TPSA) is 83.0 Å². The Labute approximate surface area is 250 Å². The largest absolute Gasteiger partial charge is 0.488 e. The molecule has 2 aliphatic heterocycles. The van der Waals surface area contributed by atoms with E-state index in [0.717, 1.165) is 61.6 Å². The van der Waals surface area contributed by atoms with Crippen LogP contribution in [0.2, 0.25) is 11.8 Å². The molecule has 10 heteroatoms. The van der Waals surface area contributed by atoms with Gasteiger partial charge < -0.3 is 19.7 Å². The van der Waals surface area contributed by atoms with Crippen LogP contribution >= 0.6 is 11.6 Å². The number of halogens is 1. The van der Waals surface area contributed by atoms with Crippen LogP contribution in [0.3, 0.4) is 0 Å². The molecule has 4 heterocycles. The van der Waals surface area contributed by atoms with Gasteiger partial charge in [0.2, 0.25) is 0 Å². The lowest BCUT2D eigenvalue weighted by atomic mass is 9.86. The van der Waals surface area contributed by atoms with Crippen LogP contribution in [-0.2, 0) is 11.3 Å². The summed E-state index contributed by atoms with van der Waals surface area (Å²) < 4.78 is 11.6. The van der Waals surface area contributed by atoms with Gasteiger partial charge in [-0.3, -0.25) is 19.8 Å². The van der Waals surface area contributed by atoms with E-state index in [0.29, 0.717) is 24.3 Å². The summed E-state index contributed by atoms with van der Waals surface area (Å²) in [6, 6.07) is 14.6. The number of fused-ring (bicyclic) bond motifs is 2. The maximum atomic E-state index is 9.85. The Bertz CT molecular complexity index is 1220. The Morgan fingerprint density at radius 1 is 1.22 bits per heavy atom.